The fourth-order valence-electron chi connectivity index (χ4n) is 5.08. The molecule has 0 saturated heterocycles. The number of hydrogen-bond donors (Lipinski definition) is 3. The quantitative estimate of drug-likeness (QED) is 0.317. The number of rotatable bonds is 2. The Bertz CT molecular complexity index is 1150. The molecule has 0 aliphatic carbocycles. The van der Waals surface area contributed by atoms with Crippen LogP contribution in [0.3, 0.4) is 0 Å². The zero-order valence-electron chi connectivity index (χ0n) is 25.7. The van der Waals surface area contributed by atoms with Gasteiger partial charge in [0, 0.05) is 11.1 Å². The van der Waals surface area contributed by atoms with Crippen molar-refractivity contribution < 1.29 is 15.3 Å². The van der Waals surface area contributed by atoms with E-state index in [0.717, 1.165) is 33.4 Å². The lowest BCUT2D eigenvalue weighted by Gasteiger charge is -2.32. The molecule has 0 fully saturated rings. The summed E-state index contributed by atoms with van der Waals surface area (Å²) in [4.78, 5) is 0. The Morgan fingerprint density at radius 1 is 0.447 bits per heavy atom. The first kappa shape index (κ1) is 31.3. The second kappa shape index (κ2) is 11.0. The topological polar surface area (TPSA) is 60.7 Å². The van der Waals surface area contributed by atoms with Gasteiger partial charge >= 0.3 is 0 Å². The van der Waals surface area contributed by atoms with Crippen LogP contribution in [0, 0.1) is 0 Å². The molecule has 0 spiro atoms. The first-order valence-corrected chi connectivity index (χ1v) is 13.6. The average molecular weight is 519 g/mol. The van der Waals surface area contributed by atoms with Crippen molar-refractivity contribution in [1.82, 2.24) is 0 Å². The zero-order valence-corrected chi connectivity index (χ0v) is 25.7. The van der Waals surface area contributed by atoms with Crippen LogP contribution in [-0.4, -0.2) is 15.3 Å². The van der Waals surface area contributed by atoms with Gasteiger partial charge in [-0.25, -0.2) is 0 Å². The van der Waals surface area contributed by atoms with E-state index in [1.807, 2.05) is 6.07 Å². The minimum Gasteiger partial charge on any atom is -0.508 e. The van der Waals surface area contributed by atoms with Gasteiger partial charge in [-0.15, -0.1) is 0 Å². The number of hydrogen-bond acceptors (Lipinski definition) is 3. The first-order valence-electron chi connectivity index (χ1n) is 13.6. The Morgan fingerprint density at radius 3 is 1.03 bits per heavy atom. The Balaban J connectivity index is 0.000000624. The van der Waals surface area contributed by atoms with Gasteiger partial charge in [0.1, 0.15) is 17.2 Å². The minimum atomic E-state index is -0.198. The molecule has 208 valence electrons. The van der Waals surface area contributed by atoms with Crippen LogP contribution in [0.1, 0.15) is 116 Å². The van der Waals surface area contributed by atoms with Crippen LogP contribution in [0.25, 0.3) is 0 Å². The molecule has 3 aromatic carbocycles. The molecule has 38 heavy (non-hydrogen) atoms. The lowest BCUT2D eigenvalue weighted by atomic mass is 9.74. The fraction of sp³-hybridized carbons (Fsp3) is 0.486. The van der Waals surface area contributed by atoms with Crippen molar-refractivity contribution >= 4 is 0 Å². The number of phenolic OH excluding ortho intramolecular Hbond substituents is 3. The summed E-state index contributed by atoms with van der Waals surface area (Å²) in [5.41, 5.74) is 5.52. The van der Waals surface area contributed by atoms with E-state index >= 15 is 0 Å². The summed E-state index contributed by atoms with van der Waals surface area (Å²) in [6.07, 6.45) is 0.676. The van der Waals surface area contributed by atoms with E-state index in [0.29, 0.717) is 23.7 Å². The molecule has 0 amide bonds. The second-order valence-electron chi connectivity index (χ2n) is 14.5. The van der Waals surface area contributed by atoms with Crippen LogP contribution in [0.2, 0.25) is 0 Å². The van der Waals surface area contributed by atoms with Crippen molar-refractivity contribution in [2.45, 2.75) is 111 Å². The summed E-state index contributed by atoms with van der Waals surface area (Å²) >= 11 is 0. The molecule has 0 aliphatic rings. The molecule has 3 N–H and O–H groups in total. The largest absolute Gasteiger partial charge is 0.508 e. The van der Waals surface area contributed by atoms with Crippen LogP contribution in [0.5, 0.6) is 17.2 Å². The van der Waals surface area contributed by atoms with E-state index in [2.05, 4.69) is 107 Å². The Labute approximate surface area is 231 Å². The maximum atomic E-state index is 11.3. The predicted octanol–water partition coefficient (Wildman–Crippen LogP) is 9.27. The maximum absolute atomic E-state index is 11.3. The molecule has 0 radical (unpaired) electrons. The highest BCUT2D eigenvalue weighted by Crippen LogP contribution is 2.44. The third-order valence-electron chi connectivity index (χ3n) is 6.78. The highest BCUT2D eigenvalue weighted by Gasteiger charge is 2.31. The minimum absolute atomic E-state index is 0.133. The van der Waals surface area contributed by atoms with Gasteiger partial charge in [-0.05, 0) is 62.5 Å². The summed E-state index contributed by atoms with van der Waals surface area (Å²) in [6.45, 7) is 25.7. The van der Waals surface area contributed by atoms with Gasteiger partial charge in [0.05, 0.1) is 0 Å². The SMILES string of the molecule is CC(C)(C)c1ccc(Cc2ccc(C(C)(C)C)c(O)c2C(C)(C)C)c(C(C)(C)C)c1O.Oc1ccccc1. The van der Waals surface area contributed by atoms with Gasteiger partial charge in [0.15, 0.2) is 0 Å². The Hall–Kier alpha value is -2.94. The van der Waals surface area contributed by atoms with Gasteiger partial charge in [0.2, 0.25) is 0 Å². The molecule has 3 rings (SSSR count). The van der Waals surface area contributed by atoms with E-state index in [1.54, 1.807) is 24.3 Å². The van der Waals surface area contributed by atoms with Crippen LogP contribution >= 0.6 is 0 Å². The van der Waals surface area contributed by atoms with Gasteiger partial charge in [0.25, 0.3) is 0 Å². The molecule has 0 heterocycles. The third kappa shape index (κ3) is 7.56. The summed E-state index contributed by atoms with van der Waals surface area (Å²) in [7, 11) is 0. The highest BCUT2D eigenvalue weighted by molar-refractivity contribution is 5.56. The van der Waals surface area contributed by atoms with E-state index < -0.39 is 0 Å². The number of benzene rings is 3. The monoisotopic (exact) mass is 518 g/mol. The molecule has 0 aromatic heterocycles. The van der Waals surface area contributed by atoms with Gasteiger partial charge in [-0.3, -0.25) is 0 Å². The molecule has 3 aromatic rings. The predicted molar refractivity (Wildman–Crippen MR) is 162 cm³/mol. The van der Waals surface area contributed by atoms with Gasteiger partial charge < -0.3 is 15.3 Å². The fourth-order valence-corrected chi connectivity index (χ4v) is 5.08. The smallest absolute Gasteiger partial charge is 0.123 e. The van der Waals surface area contributed by atoms with Crippen molar-refractivity contribution in [1.29, 1.82) is 0 Å². The third-order valence-corrected chi connectivity index (χ3v) is 6.78. The summed E-state index contributed by atoms with van der Waals surface area (Å²) in [5.74, 6) is 1.14. The molecule has 3 heteroatoms. The summed E-state index contributed by atoms with van der Waals surface area (Å²) < 4.78 is 0. The molecular weight excluding hydrogens is 468 g/mol. The van der Waals surface area contributed by atoms with E-state index in [4.69, 9.17) is 5.11 Å². The normalized spacial score (nSPS) is 12.6. The van der Waals surface area contributed by atoms with Crippen LogP contribution < -0.4 is 0 Å². The van der Waals surface area contributed by atoms with Gasteiger partial charge in [-0.1, -0.05) is 126 Å². The molecule has 0 bridgehead atoms. The van der Waals surface area contributed by atoms with Crippen molar-refractivity contribution in [2.24, 2.45) is 0 Å². The summed E-state index contributed by atoms with van der Waals surface area (Å²) in [5, 5.41) is 31.2. The zero-order chi connectivity index (χ0) is 29.3. The first-order chi connectivity index (χ1) is 17.2. The maximum Gasteiger partial charge on any atom is 0.123 e. The van der Waals surface area contributed by atoms with E-state index in [1.165, 1.54) is 0 Å². The standard InChI is InChI=1S/C29H44O2.C6H6O/c1-26(2,3)20-15-13-18(22(24(20)30)28(7,8)9)17-19-14-16-21(27(4,5)6)25(31)23(19)29(10,11)12;7-6-4-2-1-3-5-6/h13-16,30-31H,17H2,1-12H3;1-5,7H. The van der Waals surface area contributed by atoms with Crippen molar-refractivity contribution in [3.8, 4) is 17.2 Å². The van der Waals surface area contributed by atoms with Gasteiger partial charge in [-0.2, -0.15) is 0 Å². The molecule has 0 saturated carbocycles. The van der Waals surface area contributed by atoms with E-state index in [9.17, 15) is 10.2 Å². The number of phenols is 3. The number of aromatic hydroxyl groups is 3. The van der Waals surface area contributed by atoms with Crippen molar-refractivity contribution in [2.75, 3.05) is 0 Å². The lowest BCUT2D eigenvalue weighted by molar-refractivity contribution is 0.420. The average Bonchev–Trinajstić information content (AvgIpc) is 2.71. The van der Waals surface area contributed by atoms with Crippen molar-refractivity contribution in [3.05, 3.63) is 88.0 Å². The second-order valence-corrected chi connectivity index (χ2v) is 14.5. The molecule has 0 aliphatic heterocycles. The van der Waals surface area contributed by atoms with Crippen LogP contribution in [-0.2, 0) is 28.1 Å². The van der Waals surface area contributed by atoms with Crippen molar-refractivity contribution in [3.63, 3.8) is 0 Å². The summed E-state index contributed by atoms with van der Waals surface area (Å²) in [6, 6.07) is 17.2. The van der Waals surface area contributed by atoms with E-state index in [-0.39, 0.29) is 21.7 Å². The highest BCUT2D eigenvalue weighted by atomic mass is 16.3. The molecule has 0 unspecified atom stereocenters. The molecular formula is C35H50O3. The molecule has 0 atom stereocenters. The lowest BCUT2D eigenvalue weighted by Crippen LogP contribution is -2.21. The Morgan fingerprint density at radius 2 is 0.789 bits per heavy atom. The van der Waals surface area contributed by atoms with Crippen LogP contribution in [0.15, 0.2) is 54.6 Å². The van der Waals surface area contributed by atoms with Crippen LogP contribution in [0.4, 0.5) is 0 Å². The molecule has 3 nitrogen and oxygen atoms in total. The Kier molecular flexibility index (Phi) is 9.09. The number of para-hydroxylation sites is 1.